The highest BCUT2D eigenvalue weighted by atomic mass is 32.2. The van der Waals surface area contributed by atoms with Crippen molar-refractivity contribution < 1.29 is 23.6 Å². The third kappa shape index (κ3) is 3.49. The molecule has 1 amide bonds. The summed E-state index contributed by atoms with van der Waals surface area (Å²) in [5, 5.41) is 12.1. The molecule has 1 aliphatic heterocycles. The second-order valence-electron chi connectivity index (χ2n) is 5.22. The Morgan fingerprint density at radius 2 is 2.04 bits per heavy atom. The van der Waals surface area contributed by atoms with Gasteiger partial charge in [-0.15, -0.1) is 11.3 Å². The molecule has 1 aromatic carbocycles. The fraction of sp³-hybridized carbons (Fsp3) is 0.250. The highest BCUT2D eigenvalue weighted by Crippen LogP contribution is 2.39. The summed E-state index contributed by atoms with van der Waals surface area (Å²) in [5.74, 6) is -0.616. The van der Waals surface area contributed by atoms with Gasteiger partial charge in [0.05, 0.1) is 20.6 Å². The third-order valence-corrected chi connectivity index (χ3v) is 6.64. The predicted octanol–water partition coefficient (Wildman–Crippen LogP) is 3.25. The molecule has 1 aromatic heterocycles. The second kappa shape index (κ2) is 7.14. The van der Waals surface area contributed by atoms with Gasteiger partial charge in [-0.2, -0.15) is 0 Å². The Hall–Kier alpha value is -2.19. The fourth-order valence-electron chi connectivity index (χ4n) is 2.49. The van der Waals surface area contributed by atoms with Gasteiger partial charge in [-0.1, -0.05) is 30.3 Å². The molecule has 0 bridgehead atoms. The van der Waals surface area contributed by atoms with Gasteiger partial charge >= 0.3 is 12.1 Å². The van der Waals surface area contributed by atoms with Crippen LogP contribution in [0.25, 0.3) is 0 Å². The average molecular weight is 365 g/mol. The number of carbonyl (C=O) groups is 2. The molecule has 0 aliphatic carbocycles. The highest BCUT2D eigenvalue weighted by Gasteiger charge is 2.29. The summed E-state index contributed by atoms with van der Waals surface area (Å²) in [7, 11) is -1.21. The third-order valence-electron chi connectivity index (χ3n) is 3.58. The molecule has 1 atom stereocenters. The zero-order chi connectivity index (χ0) is 17.1. The molecular weight excluding hydrogens is 350 g/mol. The van der Waals surface area contributed by atoms with E-state index in [1.165, 1.54) is 0 Å². The summed E-state index contributed by atoms with van der Waals surface area (Å²) in [6.07, 6.45) is 0.500. The van der Waals surface area contributed by atoms with Gasteiger partial charge < -0.3 is 9.84 Å². The lowest BCUT2D eigenvalue weighted by atomic mass is 10.1. The first-order valence-corrected chi connectivity index (χ1v) is 9.45. The largest absolute Gasteiger partial charge is 0.478 e. The number of hydrogen-bond acceptors (Lipinski definition) is 5. The average Bonchev–Trinajstić information content (AvgIpc) is 2.93. The maximum Gasteiger partial charge on any atom is 0.412 e. The minimum Gasteiger partial charge on any atom is -0.478 e. The highest BCUT2D eigenvalue weighted by molar-refractivity contribution is 7.87. The molecule has 0 radical (unpaired) electrons. The molecule has 8 heteroatoms. The lowest BCUT2D eigenvalue weighted by molar-refractivity contribution is 0.0697. The molecular formula is C16H15NO5S2. The number of thiophene rings is 1. The van der Waals surface area contributed by atoms with Gasteiger partial charge in [0, 0.05) is 5.75 Å². The molecule has 2 N–H and O–H groups in total. The smallest absolute Gasteiger partial charge is 0.412 e. The standard InChI is InChI=1S/C16H15NO5S2/c18-14(19)12-11-7-4-8-24(21)15(11)23-13(12)17-16(20)22-9-10-5-2-1-3-6-10/h1-3,5-6H,4,7-9H2,(H,17,20)(H,18,19). The van der Waals surface area contributed by atoms with Crippen molar-refractivity contribution in [2.45, 2.75) is 23.7 Å². The Morgan fingerprint density at radius 3 is 2.75 bits per heavy atom. The summed E-state index contributed by atoms with van der Waals surface area (Å²) in [5.41, 5.74) is 1.42. The van der Waals surface area contributed by atoms with Gasteiger partial charge in [0.25, 0.3) is 0 Å². The van der Waals surface area contributed by atoms with E-state index >= 15 is 0 Å². The van der Waals surface area contributed by atoms with E-state index in [4.69, 9.17) is 4.74 Å². The van der Waals surface area contributed by atoms with E-state index in [-0.39, 0.29) is 17.2 Å². The number of carboxylic acid groups (broad SMARTS) is 1. The van der Waals surface area contributed by atoms with Crippen molar-refractivity contribution in [2.75, 3.05) is 11.1 Å². The van der Waals surface area contributed by atoms with Crippen LogP contribution in [0.15, 0.2) is 34.5 Å². The van der Waals surface area contributed by atoms with Crippen LogP contribution in [0.1, 0.15) is 27.9 Å². The Labute approximate surface area is 144 Å². The molecule has 6 nitrogen and oxygen atoms in total. The lowest BCUT2D eigenvalue weighted by Gasteiger charge is -2.10. The zero-order valence-corrected chi connectivity index (χ0v) is 14.2. The molecule has 126 valence electrons. The summed E-state index contributed by atoms with van der Waals surface area (Å²) >= 11 is 1.06. The van der Waals surface area contributed by atoms with Gasteiger partial charge in [0.1, 0.15) is 11.6 Å². The molecule has 0 fully saturated rings. The molecule has 1 aliphatic rings. The van der Waals surface area contributed by atoms with Crippen LogP contribution in [-0.4, -0.2) is 27.1 Å². The summed E-state index contributed by atoms with van der Waals surface area (Å²) in [6.45, 7) is 0.0894. The molecule has 0 spiro atoms. The number of ether oxygens (including phenoxy) is 1. The van der Waals surface area contributed by atoms with E-state index in [0.29, 0.717) is 28.4 Å². The van der Waals surface area contributed by atoms with Gasteiger partial charge in [0.15, 0.2) is 0 Å². The minimum absolute atomic E-state index is 0.0275. The predicted molar refractivity (Wildman–Crippen MR) is 91.1 cm³/mol. The topological polar surface area (TPSA) is 92.7 Å². The molecule has 2 heterocycles. The van der Waals surface area contributed by atoms with Gasteiger partial charge in [-0.3, -0.25) is 9.53 Å². The van der Waals surface area contributed by atoms with E-state index in [1.807, 2.05) is 30.3 Å². The van der Waals surface area contributed by atoms with Crippen molar-refractivity contribution >= 4 is 39.2 Å². The Bertz CT molecular complexity index is 800. The summed E-state index contributed by atoms with van der Waals surface area (Å²) in [4.78, 5) is 23.5. The van der Waals surface area contributed by atoms with Crippen molar-refractivity contribution in [3.05, 3.63) is 47.0 Å². The van der Waals surface area contributed by atoms with Crippen LogP contribution in [0.4, 0.5) is 9.80 Å². The van der Waals surface area contributed by atoms with Crippen LogP contribution >= 0.6 is 11.3 Å². The number of carboxylic acids is 1. The van der Waals surface area contributed by atoms with Crippen LogP contribution in [0, 0.1) is 0 Å². The normalized spacial score (nSPS) is 16.2. The monoisotopic (exact) mass is 365 g/mol. The van der Waals surface area contributed by atoms with Gasteiger partial charge in [0.2, 0.25) is 0 Å². The number of benzene rings is 1. The van der Waals surface area contributed by atoms with Crippen LogP contribution in [-0.2, 0) is 28.6 Å². The molecule has 2 aromatic rings. The number of fused-ring (bicyclic) bond motifs is 1. The Morgan fingerprint density at radius 1 is 1.29 bits per heavy atom. The SMILES string of the molecule is O=C(Nc1sc2c(c1C(=O)O)CCCS2=O)OCc1ccccc1. The number of hydrogen-bond donors (Lipinski definition) is 2. The van der Waals surface area contributed by atoms with Crippen LogP contribution in [0.3, 0.4) is 0 Å². The second-order valence-corrected chi connectivity index (χ2v) is 8.00. The summed E-state index contributed by atoms with van der Waals surface area (Å²) in [6, 6.07) is 9.18. The number of nitrogens with one attached hydrogen (secondary N) is 1. The van der Waals surface area contributed by atoms with E-state index in [0.717, 1.165) is 16.9 Å². The van der Waals surface area contributed by atoms with Gasteiger partial charge in [-0.25, -0.2) is 9.59 Å². The zero-order valence-electron chi connectivity index (χ0n) is 12.6. The van der Waals surface area contributed by atoms with Crippen molar-refractivity contribution in [2.24, 2.45) is 0 Å². The van der Waals surface area contributed by atoms with E-state index in [1.54, 1.807) is 0 Å². The first-order chi connectivity index (χ1) is 11.6. The van der Waals surface area contributed by atoms with Crippen molar-refractivity contribution in [3.8, 4) is 0 Å². The summed E-state index contributed by atoms with van der Waals surface area (Å²) < 4.78 is 17.7. The maximum absolute atomic E-state index is 12.1. The first-order valence-electron chi connectivity index (χ1n) is 7.31. The van der Waals surface area contributed by atoms with Crippen molar-refractivity contribution in [1.29, 1.82) is 0 Å². The van der Waals surface area contributed by atoms with Crippen LogP contribution in [0.5, 0.6) is 0 Å². The first kappa shape index (κ1) is 16.7. The molecule has 24 heavy (non-hydrogen) atoms. The number of amides is 1. The number of rotatable bonds is 4. The van der Waals surface area contributed by atoms with E-state index < -0.39 is 22.9 Å². The van der Waals surface area contributed by atoms with Crippen molar-refractivity contribution in [1.82, 2.24) is 0 Å². The van der Waals surface area contributed by atoms with Crippen LogP contribution < -0.4 is 5.32 Å². The maximum atomic E-state index is 12.1. The lowest BCUT2D eigenvalue weighted by Crippen LogP contribution is -2.15. The molecule has 0 saturated carbocycles. The minimum atomic E-state index is -1.21. The number of anilines is 1. The number of aromatic carboxylic acids is 1. The molecule has 3 rings (SSSR count). The Kier molecular flexibility index (Phi) is 4.96. The number of carbonyl (C=O) groups excluding carboxylic acids is 1. The fourth-order valence-corrected chi connectivity index (χ4v) is 5.40. The van der Waals surface area contributed by atoms with Gasteiger partial charge in [-0.05, 0) is 24.0 Å². The van der Waals surface area contributed by atoms with E-state index in [2.05, 4.69) is 5.32 Å². The Balaban J connectivity index is 1.76. The van der Waals surface area contributed by atoms with E-state index in [9.17, 15) is 18.9 Å². The molecule has 1 unspecified atom stereocenters. The quantitative estimate of drug-likeness (QED) is 0.868. The molecule has 0 saturated heterocycles. The van der Waals surface area contributed by atoms with Crippen molar-refractivity contribution in [3.63, 3.8) is 0 Å². The van der Waals surface area contributed by atoms with Crippen LogP contribution in [0.2, 0.25) is 0 Å².